The number of carbonyl (C=O) groups excluding carboxylic acids is 2. The van der Waals surface area contributed by atoms with E-state index in [1.54, 1.807) is 6.92 Å². The molecule has 2 aromatic carbocycles. The largest absolute Gasteiger partial charge is 0.482 e. The zero-order valence-corrected chi connectivity index (χ0v) is 13.8. The van der Waals surface area contributed by atoms with Crippen molar-refractivity contribution in [1.29, 1.82) is 0 Å². The predicted octanol–water partition coefficient (Wildman–Crippen LogP) is 3.90. The number of ether oxygens (including phenoxy) is 2. The maximum atomic E-state index is 12.7. The van der Waals surface area contributed by atoms with E-state index >= 15 is 0 Å². The molecule has 0 aliphatic carbocycles. The highest BCUT2D eigenvalue weighted by atomic mass is 19.4. The van der Waals surface area contributed by atoms with Crippen LogP contribution in [0.1, 0.15) is 22.8 Å². The number of benzene rings is 2. The summed E-state index contributed by atoms with van der Waals surface area (Å²) < 4.78 is 48.0. The van der Waals surface area contributed by atoms with Crippen molar-refractivity contribution >= 4 is 17.6 Å². The number of halogens is 3. The molecule has 0 saturated heterocycles. The fourth-order valence-corrected chi connectivity index (χ4v) is 2.02. The quantitative estimate of drug-likeness (QED) is 0.787. The highest BCUT2D eigenvalue weighted by molar-refractivity contribution is 6.04. The molecule has 26 heavy (non-hydrogen) atoms. The minimum absolute atomic E-state index is 0.0347. The molecule has 0 fully saturated rings. The van der Waals surface area contributed by atoms with Crippen LogP contribution in [0, 0.1) is 0 Å². The van der Waals surface area contributed by atoms with Gasteiger partial charge in [0, 0.05) is 11.3 Å². The molecule has 2 rings (SSSR count). The van der Waals surface area contributed by atoms with Gasteiger partial charge in [0.1, 0.15) is 5.75 Å². The van der Waals surface area contributed by atoms with E-state index in [9.17, 15) is 22.8 Å². The van der Waals surface area contributed by atoms with E-state index in [1.807, 2.05) is 0 Å². The fraction of sp³-hybridized carbons (Fsp3) is 0.222. The summed E-state index contributed by atoms with van der Waals surface area (Å²) >= 11 is 0. The second kappa shape index (κ2) is 8.37. The van der Waals surface area contributed by atoms with Gasteiger partial charge in [0.2, 0.25) is 0 Å². The first-order valence-electron chi connectivity index (χ1n) is 7.66. The number of alkyl halides is 3. The van der Waals surface area contributed by atoms with E-state index in [0.717, 1.165) is 12.1 Å². The Morgan fingerprint density at radius 2 is 1.77 bits per heavy atom. The molecule has 0 heterocycles. The Labute approximate surface area is 147 Å². The molecule has 5 nitrogen and oxygen atoms in total. The van der Waals surface area contributed by atoms with Crippen molar-refractivity contribution < 1.29 is 32.2 Å². The van der Waals surface area contributed by atoms with Gasteiger partial charge in [-0.05, 0) is 49.4 Å². The molecular weight excluding hydrogens is 351 g/mol. The summed E-state index contributed by atoms with van der Waals surface area (Å²) in [6.45, 7) is 1.66. The summed E-state index contributed by atoms with van der Waals surface area (Å²) in [6, 6.07) is 10.2. The Balaban J connectivity index is 1.99. The lowest BCUT2D eigenvalue weighted by Crippen LogP contribution is -2.15. The van der Waals surface area contributed by atoms with Crippen LogP contribution < -0.4 is 10.1 Å². The Morgan fingerprint density at radius 1 is 1.08 bits per heavy atom. The van der Waals surface area contributed by atoms with Crippen molar-refractivity contribution in [3.8, 4) is 5.75 Å². The van der Waals surface area contributed by atoms with Gasteiger partial charge in [0.05, 0.1) is 12.2 Å². The van der Waals surface area contributed by atoms with Crippen molar-refractivity contribution in [3.63, 3.8) is 0 Å². The van der Waals surface area contributed by atoms with Crippen molar-refractivity contribution in [2.24, 2.45) is 0 Å². The normalized spacial score (nSPS) is 10.9. The molecule has 1 amide bonds. The molecule has 0 atom stereocenters. The first-order chi connectivity index (χ1) is 12.3. The van der Waals surface area contributed by atoms with Gasteiger partial charge in [-0.3, -0.25) is 4.79 Å². The molecule has 138 valence electrons. The van der Waals surface area contributed by atoms with Crippen LogP contribution in [0.5, 0.6) is 5.75 Å². The highest BCUT2D eigenvalue weighted by Crippen LogP contribution is 2.30. The van der Waals surface area contributed by atoms with E-state index in [0.29, 0.717) is 5.75 Å². The third kappa shape index (κ3) is 5.51. The third-order valence-corrected chi connectivity index (χ3v) is 3.23. The van der Waals surface area contributed by atoms with Crippen LogP contribution in [0.15, 0.2) is 48.5 Å². The first kappa shape index (κ1) is 19.3. The van der Waals surface area contributed by atoms with Crippen LogP contribution in [0.3, 0.4) is 0 Å². The van der Waals surface area contributed by atoms with Gasteiger partial charge >= 0.3 is 12.1 Å². The molecule has 2 aromatic rings. The Kier molecular flexibility index (Phi) is 6.21. The molecule has 8 heteroatoms. The third-order valence-electron chi connectivity index (χ3n) is 3.23. The van der Waals surface area contributed by atoms with Gasteiger partial charge in [0.15, 0.2) is 6.61 Å². The van der Waals surface area contributed by atoms with E-state index in [-0.39, 0.29) is 24.5 Å². The SMILES string of the molecule is CCOC(=O)COc1ccc(C(=O)Nc2cccc(C(F)(F)F)c2)cc1. The van der Waals surface area contributed by atoms with Crippen LogP contribution in [0.25, 0.3) is 0 Å². The summed E-state index contributed by atoms with van der Waals surface area (Å²) in [5.41, 5.74) is -0.587. The van der Waals surface area contributed by atoms with E-state index in [1.165, 1.54) is 36.4 Å². The van der Waals surface area contributed by atoms with Gasteiger partial charge in [0.25, 0.3) is 5.91 Å². The minimum Gasteiger partial charge on any atom is -0.482 e. The maximum absolute atomic E-state index is 12.7. The summed E-state index contributed by atoms with van der Waals surface area (Å²) in [6.07, 6.45) is -4.49. The number of hydrogen-bond acceptors (Lipinski definition) is 4. The van der Waals surface area contributed by atoms with Crippen LogP contribution in [0.4, 0.5) is 18.9 Å². The topological polar surface area (TPSA) is 64.6 Å². The smallest absolute Gasteiger partial charge is 0.416 e. The number of esters is 1. The molecule has 0 unspecified atom stereocenters. The van der Waals surface area contributed by atoms with Crippen LogP contribution >= 0.6 is 0 Å². The lowest BCUT2D eigenvalue weighted by Gasteiger charge is -2.10. The van der Waals surface area contributed by atoms with Crippen LogP contribution in [-0.4, -0.2) is 25.1 Å². The molecule has 0 aromatic heterocycles. The highest BCUT2D eigenvalue weighted by Gasteiger charge is 2.30. The average molecular weight is 367 g/mol. The summed E-state index contributed by atoms with van der Waals surface area (Å²) in [5.74, 6) is -0.728. The molecule has 0 aliphatic rings. The Hall–Kier alpha value is -3.03. The molecule has 0 radical (unpaired) electrons. The van der Waals surface area contributed by atoms with E-state index in [2.05, 4.69) is 5.32 Å². The minimum atomic E-state index is -4.49. The molecule has 0 bridgehead atoms. The number of rotatable bonds is 6. The second-order valence-corrected chi connectivity index (χ2v) is 5.15. The fourth-order valence-electron chi connectivity index (χ4n) is 2.02. The number of nitrogens with one attached hydrogen (secondary N) is 1. The Bertz CT molecular complexity index is 773. The molecule has 0 aliphatic heterocycles. The number of anilines is 1. The molecule has 0 saturated carbocycles. The van der Waals surface area contributed by atoms with Gasteiger partial charge in [-0.2, -0.15) is 13.2 Å². The summed E-state index contributed by atoms with van der Waals surface area (Å²) in [5, 5.41) is 2.40. The summed E-state index contributed by atoms with van der Waals surface area (Å²) in [7, 11) is 0. The van der Waals surface area contributed by atoms with Gasteiger partial charge in [-0.1, -0.05) is 6.07 Å². The zero-order valence-electron chi connectivity index (χ0n) is 13.8. The van der Waals surface area contributed by atoms with Gasteiger partial charge in [-0.15, -0.1) is 0 Å². The van der Waals surface area contributed by atoms with Crippen molar-refractivity contribution in [2.75, 3.05) is 18.5 Å². The number of carbonyl (C=O) groups is 2. The van der Waals surface area contributed by atoms with Crippen molar-refractivity contribution in [1.82, 2.24) is 0 Å². The zero-order chi connectivity index (χ0) is 19.2. The van der Waals surface area contributed by atoms with Crippen LogP contribution in [-0.2, 0) is 15.7 Å². The molecular formula is C18H16F3NO4. The number of amides is 1. The van der Waals surface area contributed by atoms with Crippen molar-refractivity contribution in [3.05, 3.63) is 59.7 Å². The van der Waals surface area contributed by atoms with E-state index < -0.39 is 23.6 Å². The first-order valence-corrected chi connectivity index (χ1v) is 7.66. The maximum Gasteiger partial charge on any atom is 0.416 e. The van der Waals surface area contributed by atoms with E-state index in [4.69, 9.17) is 9.47 Å². The standard InChI is InChI=1S/C18H16F3NO4/c1-2-25-16(23)11-26-15-8-6-12(7-9-15)17(24)22-14-5-3-4-13(10-14)18(19,20)21/h3-10H,2,11H2,1H3,(H,22,24). The lowest BCUT2D eigenvalue weighted by molar-refractivity contribution is -0.145. The molecule has 1 N–H and O–H groups in total. The summed E-state index contributed by atoms with van der Waals surface area (Å²) in [4.78, 5) is 23.3. The van der Waals surface area contributed by atoms with Gasteiger partial charge < -0.3 is 14.8 Å². The predicted molar refractivity (Wildman–Crippen MR) is 88.0 cm³/mol. The monoisotopic (exact) mass is 367 g/mol. The van der Waals surface area contributed by atoms with Crippen LogP contribution in [0.2, 0.25) is 0 Å². The lowest BCUT2D eigenvalue weighted by atomic mass is 10.1. The van der Waals surface area contributed by atoms with Crippen molar-refractivity contribution in [2.45, 2.75) is 13.1 Å². The Morgan fingerprint density at radius 3 is 2.38 bits per heavy atom. The second-order valence-electron chi connectivity index (χ2n) is 5.15. The van der Waals surface area contributed by atoms with Gasteiger partial charge in [-0.25, -0.2) is 4.79 Å². The molecule has 0 spiro atoms. The average Bonchev–Trinajstić information content (AvgIpc) is 2.60. The number of hydrogen-bond donors (Lipinski definition) is 1.